The monoisotopic (exact) mass is 298 g/mol. The number of aromatic nitrogens is 6. The fourth-order valence-corrected chi connectivity index (χ4v) is 2.36. The summed E-state index contributed by atoms with van der Waals surface area (Å²) in [4.78, 5) is 4.38. The Balaban J connectivity index is 1.87. The normalized spacial score (nSPS) is 12.5. The van der Waals surface area contributed by atoms with Gasteiger partial charge >= 0.3 is 0 Å². The van der Waals surface area contributed by atoms with E-state index in [9.17, 15) is 0 Å². The van der Waals surface area contributed by atoms with E-state index in [0.29, 0.717) is 13.2 Å². The van der Waals surface area contributed by atoms with E-state index < -0.39 is 0 Å². The minimum absolute atomic E-state index is 0.0685. The van der Waals surface area contributed by atoms with Crippen molar-refractivity contribution in [2.75, 3.05) is 6.61 Å². The van der Waals surface area contributed by atoms with Crippen LogP contribution in [0.5, 0.6) is 0 Å². The number of rotatable bonds is 6. The Morgan fingerprint density at radius 3 is 2.82 bits per heavy atom. The molecule has 0 aliphatic heterocycles. The van der Waals surface area contributed by atoms with Crippen molar-refractivity contribution in [1.29, 1.82) is 0 Å². The molecule has 114 valence electrons. The third kappa shape index (κ3) is 2.89. The largest absolute Gasteiger partial charge is 0.371 e. The molecule has 22 heavy (non-hydrogen) atoms. The number of imidazole rings is 1. The van der Waals surface area contributed by atoms with E-state index >= 15 is 0 Å². The molecule has 2 aromatic heterocycles. The van der Waals surface area contributed by atoms with E-state index in [-0.39, 0.29) is 6.10 Å². The van der Waals surface area contributed by atoms with Gasteiger partial charge in [-0.2, -0.15) is 4.68 Å². The highest BCUT2D eigenvalue weighted by molar-refractivity contribution is 5.30. The third-order valence-electron chi connectivity index (χ3n) is 3.37. The fraction of sp³-hybridized carbons (Fsp3) is 0.333. The molecular weight excluding hydrogens is 280 g/mol. The summed E-state index contributed by atoms with van der Waals surface area (Å²) in [6, 6.07) is 9.82. The molecule has 0 N–H and O–H groups in total. The summed E-state index contributed by atoms with van der Waals surface area (Å²) in [5.74, 6) is 1.61. The van der Waals surface area contributed by atoms with Gasteiger partial charge in [-0.05, 0) is 36.4 Å². The molecule has 7 nitrogen and oxygen atoms in total. The third-order valence-corrected chi connectivity index (χ3v) is 3.37. The zero-order valence-electron chi connectivity index (χ0n) is 12.6. The molecule has 0 saturated carbocycles. The van der Waals surface area contributed by atoms with E-state index in [0.717, 1.165) is 17.3 Å². The SMILES string of the molecule is CCO[C@@H](C)c1nccn1Cc1nnnn1-c1ccccc1. The van der Waals surface area contributed by atoms with Gasteiger partial charge in [0.05, 0.1) is 12.2 Å². The van der Waals surface area contributed by atoms with Gasteiger partial charge < -0.3 is 9.30 Å². The Morgan fingerprint density at radius 2 is 2.05 bits per heavy atom. The number of benzene rings is 1. The molecule has 1 aromatic carbocycles. The first-order valence-electron chi connectivity index (χ1n) is 7.25. The van der Waals surface area contributed by atoms with Crippen molar-refractivity contribution in [2.45, 2.75) is 26.5 Å². The second-order valence-corrected chi connectivity index (χ2v) is 4.85. The Morgan fingerprint density at radius 1 is 1.23 bits per heavy atom. The van der Waals surface area contributed by atoms with Gasteiger partial charge in [0.2, 0.25) is 0 Å². The average Bonchev–Trinajstić information content (AvgIpc) is 3.18. The number of hydrogen-bond donors (Lipinski definition) is 0. The predicted molar refractivity (Wildman–Crippen MR) is 80.5 cm³/mol. The topological polar surface area (TPSA) is 70.7 Å². The van der Waals surface area contributed by atoms with Gasteiger partial charge in [-0.25, -0.2) is 4.98 Å². The van der Waals surface area contributed by atoms with E-state index in [1.165, 1.54) is 0 Å². The van der Waals surface area contributed by atoms with E-state index in [4.69, 9.17) is 4.74 Å². The summed E-state index contributed by atoms with van der Waals surface area (Å²) < 4.78 is 9.36. The summed E-state index contributed by atoms with van der Waals surface area (Å²) >= 11 is 0. The number of tetrazole rings is 1. The molecule has 0 amide bonds. The zero-order valence-corrected chi connectivity index (χ0v) is 12.6. The Hall–Kier alpha value is -2.54. The fourth-order valence-electron chi connectivity index (χ4n) is 2.36. The average molecular weight is 298 g/mol. The number of ether oxygens (including phenoxy) is 1. The van der Waals surface area contributed by atoms with Crippen molar-refractivity contribution < 1.29 is 4.74 Å². The van der Waals surface area contributed by atoms with Crippen LogP contribution in [0.2, 0.25) is 0 Å². The van der Waals surface area contributed by atoms with Gasteiger partial charge in [0.25, 0.3) is 0 Å². The van der Waals surface area contributed by atoms with Crippen LogP contribution >= 0.6 is 0 Å². The maximum absolute atomic E-state index is 5.62. The number of nitrogens with zero attached hydrogens (tertiary/aromatic N) is 6. The second kappa shape index (κ2) is 6.48. The first kappa shape index (κ1) is 14.4. The highest BCUT2D eigenvalue weighted by Gasteiger charge is 2.15. The Kier molecular flexibility index (Phi) is 4.24. The maximum atomic E-state index is 5.62. The minimum atomic E-state index is -0.0685. The van der Waals surface area contributed by atoms with Crippen LogP contribution in [-0.2, 0) is 11.3 Å². The van der Waals surface area contributed by atoms with Gasteiger partial charge in [0, 0.05) is 19.0 Å². The maximum Gasteiger partial charge on any atom is 0.176 e. The molecule has 0 saturated heterocycles. The molecule has 0 bridgehead atoms. The van der Waals surface area contributed by atoms with E-state index in [2.05, 4.69) is 20.5 Å². The van der Waals surface area contributed by atoms with Crippen molar-refractivity contribution in [3.05, 3.63) is 54.4 Å². The Labute approximate surface area is 128 Å². The quantitative estimate of drug-likeness (QED) is 0.696. The highest BCUT2D eigenvalue weighted by Crippen LogP contribution is 2.16. The second-order valence-electron chi connectivity index (χ2n) is 4.85. The lowest BCUT2D eigenvalue weighted by molar-refractivity contribution is 0.0677. The molecule has 0 unspecified atom stereocenters. The van der Waals surface area contributed by atoms with Crippen LogP contribution in [0.3, 0.4) is 0 Å². The molecule has 0 aliphatic rings. The molecule has 2 heterocycles. The minimum Gasteiger partial charge on any atom is -0.371 e. The van der Waals surface area contributed by atoms with Gasteiger partial charge in [-0.1, -0.05) is 18.2 Å². The zero-order chi connectivity index (χ0) is 15.4. The van der Waals surface area contributed by atoms with Crippen LogP contribution in [0.15, 0.2) is 42.7 Å². The predicted octanol–water partition coefficient (Wildman–Crippen LogP) is 2.00. The van der Waals surface area contributed by atoms with Gasteiger partial charge in [0.15, 0.2) is 5.82 Å². The summed E-state index contributed by atoms with van der Waals surface area (Å²) in [5, 5.41) is 12.0. The van der Waals surface area contributed by atoms with Crippen LogP contribution in [-0.4, -0.2) is 36.4 Å². The summed E-state index contributed by atoms with van der Waals surface area (Å²) in [6.45, 7) is 5.15. The molecule has 1 atom stereocenters. The molecule has 7 heteroatoms. The van der Waals surface area contributed by atoms with Crippen LogP contribution in [0.4, 0.5) is 0 Å². The van der Waals surface area contributed by atoms with Crippen LogP contribution in [0.25, 0.3) is 5.69 Å². The molecular formula is C15H18N6O. The number of hydrogen-bond acceptors (Lipinski definition) is 5. The Bertz CT molecular complexity index is 720. The summed E-state index contributed by atoms with van der Waals surface area (Å²) in [5.41, 5.74) is 0.932. The van der Waals surface area contributed by atoms with Gasteiger partial charge in [0.1, 0.15) is 11.9 Å². The van der Waals surface area contributed by atoms with Crippen LogP contribution < -0.4 is 0 Å². The molecule has 0 fully saturated rings. The first-order chi connectivity index (χ1) is 10.8. The van der Waals surface area contributed by atoms with E-state index in [1.807, 2.05) is 54.9 Å². The first-order valence-corrected chi connectivity index (χ1v) is 7.25. The van der Waals surface area contributed by atoms with Gasteiger partial charge in [-0.15, -0.1) is 5.10 Å². The van der Waals surface area contributed by atoms with Crippen molar-refractivity contribution >= 4 is 0 Å². The number of para-hydroxylation sites is 1. The standard InChI is InChI=1S/C15H18N6O/c1-3-22-12(2)15-16-9-10-20(15)11-14-17-18-19-21(14)13-7-5-4-6-8-13/h4-10,12H,3,11H2,1-2H3/t12-/m0/s1. The molecule has 3 aromatic rings. The van der Waals surface area contributed by atoms with Gasteiger partial charge in [-0.3, -0.25) is 0 Å². The van der Waals surface area contributed by atoms with Crippen molar-refractivity contribution in [3.8, 4) is 5.69 Å². The van der Waals surface area contributed by atoms with Crippen molar-refractivity contribution in [1.82, 2.24) is 29.8 Å². The van der Waals surface area contributed by atoms with E-state index in [1.54, 1.807) is 10.9 Å². The van der Waals surface area contributed by atoms with Crippen LogP contribution in [0.1, 0.15) is 31.6 Å². The van der Waals surface area contributed by atoms with Crippen LogP contribution in [0, 0.1) is 0 Å². The van der Waals surface area contributed by atoms with Crippen molar-refractivity contribution in [2.24, 2.45) is 0 Å². The molecule has 3 rings (SSSR count). The molecule has 0 aliphatic carbocycles. The lowest BCUT2D eigenvalue weighted by Crippen LogP contribution is -2.13. The highest BCUT2D eigenvalue weighted by atomic mass is 16.5. The summed E-state index contributed by atoms with van der Waals surface area (Å²) in [6.07, 6.45) is 3.61. The summed E-state index contributed by atoms with van der Waals surface area (Å²) in [7, 11) is 0. The smallest absolute Gasteiger partial charge is 0.176 e. The molecule has 0 spiro atoms. The lowest BCUT2D eigenvalue weighted by Gasteiger charge is -2.13. The molecule has 0 radical (unpaired) electrons. The van der Waals surface area contributed by atoms with Crippen molar-refractivity contribution in [3.63, 3.8) is 0 Å². The lowest BCUT2D eigenvalue weighted by atomic mass is 10.3.